The minimum Gasteiger partial charge on any atom is -0.484 e. The Kier molecular flexibility index (Phi) is 5.84. The van der Waals surface area contributed by atoms with E-state index in [0.29, 0.717) is 55.1 Å². The van der Waals surface area contributed by atoms with Gasteiger partial charge in [0.25, 0.3) is 0 Å². The molecule has 0 radical (unpaired) electrons. The van der Waals surface area contributed by atoms with Gasteiger partial charge in [-0.3, -0.25) is 4.79 Å². The molecule has 2 aliphatic heterocycles. The highest BCUT2D eigenvalue weighted by Crippen LogP contribution is 2.29. The zero-order valence-electron chi connectivity index (χ0n) is 18.1. The molecule has 10 nitrogen and oxygen atoms in total. The van der Waals surface area contributed by atoms with Crippen LogP contribution in [0, 0.1) is 11.7 Å². The van der Waals surface area contributed by atoms with E-state index in [-0.39, 0.29) is 17.6 Å². The van der Waals surface area contributed by atoms with Gasteiger partial charge in [0.1, 0.15) is 23.4 Å². The Morgan fingerprint density at radius 1 is 1.03 bits per heavy atom. The van der Waals surface area contributed by atoms with Crippen LogP contribution in [-0.4, -0.2) is 57.9 Å². The van der Waals surface area contributed by atoms with E-state index in [0.717, 1.165) is 0 Å². The number of hydrogen-bond donors (Lipinski definition) is 2. The molecule has 1 amide bonds. The summed E-state index contributed by atoms with van der Waals surface area (Å²) < 4.78 is 24.5. The number of carbonyl (C=O) groups excluding carboxylic acids is 1. The standard InChI is InChI=1S/C23H23FN6O4/c24-15-1-3-17(4-2-15)34-20-6-5-18(11-26-20)33-19-7-8-30(22(19)32)16-9-27-23(28-10-16)29-12-14(13-29)21(25)31/h1-6,9-11,14,19,22,32H,7-8,12-13H2,(H2,25,31)/t19-,22?/m1/s1. The Morgan fingerprint density at radius 3 is 2.38 bits per heavy atom. The highest BCUT2D eigenvalue weighted by Gasteiger charge is 2.36. The van der Waals surface area contributed by atoms with Gasteiger partial charge in [-0.1, -0.05) is 0 Å². The third kappa shape index (κ3) is 4.55. The molecule has 0 saturated carbocycles. The van der Waals surface area contributed by atoms with Crippen LogP contribution in [0.4, 0.5) is 16.0 Å². The van der Waals surface area contributed by atoms with Gasteiger partial charge in [0.15, 0.2) is 6.23 Å². The van der Waals surface area contributed by atoms with E-state index in [2.05, 4.69) is 15.0 Å². The molecule has 1 aromatic carbocycles. The van der Waals surface area contributed by atoms with E-state index in [1.54, 1.807) is 29.4 Å². The Bertz CT molecular complexity index is 1140. The summed E-state index contributed by atoms with van der Waals surface area (Å²) >= 11 is 0. The van der Waals surface area contributed by atoms with Crippen molar-refractivity contribution in [1.82, 2.24) is 15.0 Å². The van der Waals surface area contributed by atoms with Crippen molar-refractivity contribution >= 4 is 17.5 Å². The first-order valence-corrected chi connectivity index (χ1v) is 10.8. The van der Waals surface area contributed by atoms with Gasteiger partial charge in [-0.05, 0) is 30.3 Å². The molecule has 11 heteroatoms. The first-order valence-electron chi connectivity index (χ1n) is 10.8. The lowest BCUT2D eigenvalue weighted by molar-refractivity contribution is -0.122. The third-order valence-electron chi connectivity index (χ3n) is 5.86. The number of amides is 1. The van der Waals surface area contributed by atoms with Crippen molar-refractivity contribution in [2.45, 2.75) is 18.8 Å². The summed E-state index contributed by atoms with van der Waals surface area (Å²) in [4.78, 5) is 27.7. The monoisotopic (exact) mass is 466 g/mol. The van der Waals surface area contributed by atoms with Crippen molar-refractivity contribution < 1.29 is 23.8 Å². The number of hydrogen-bond acceptors (Lipinski definition) is 9. The van der Waals surface area contributed by atoms with Crippen LogP contribution in [0.15, 0.2) is 55.0 Å². The van der Waals surface area contributed by atoms with Crippen LogP contribution in [0.1, 0.15) is 6.42 Å². The summed E-state index contributed by atoms with van der Waals surface area (Å²) in [7, 11) is 0. The van der Waals surface area contributed by atoms with Crippen molar-refractivity contribution in [2.24, 2.45) is 11.7 Å². The molecule has 2 aromatic heterocycles. The maximum absolute atomic E-state index is 13.0. The number of rotatable bonds is 7. The normalized spacial score (nSPS) is 20.2. The average molecular weight is 466 g/mol. The highest BCUT2D eigenvalue weighted by molar-refractivity contribution is 5.79. The summed E-state index contributed by atoms with van der Waals surface area (Å²) in [5.74, 6) is 1.00. The topological polar surface area (TPSA) is 127 Å². The van der Waals surface area contributed by atoms with E-state index in [1.165, 1.54) is 30.5 Å². The molecule has 0 spiro atoms. The molecule has 4 heterocycles. The van der Waals surface area contributed by atoms with Crippen molar-refractivity contribution in [3.63, 3.8) is 0 Å². The fraction of sp³-hybridized carbons (Fsp3) is 0.304. The SMILES string of the molecule is NC(=O)C1CN(c2ncc(N3CC[C@@H](Oc4ccc(Oc5ccc(F)cc5)nc4)C3O)cn2)C1. The Hall–Kier alpha value is -3.99. The van der Waals surface area contributed by atoms with Crippen molar-refractivity contribution in [1.29, 1.82) is 0 Å². The number of benzene rings is 1. The quantitative estimate of drug-likeness (QED) is 0.535. The summed E-state index contributed by atoms with van der Waals surface area (Å²) in [6.07, 6.45) is 4.07. The minimum atomic E-state index is -0.882. The lowest BCUT2D eigenvalue weighted by Crippen LogP contribution is -2.53. The van der Waals surface area contributed by atoms with Crippen LogP contribution in [0.5, 0.6) is 17.4 Å². The molecule has 2 aliphatic rings. The van der Waals surface area contributed by atoms with Crippen LogP contribution >= 0.6 is 0 Å². The fourth-order valence-electron chi connectivity index (χ4n) is 3.89. The number of primary amides is 1. The fourth-order valence-corrected chi connectivity index (χ4v) is 3.89. The predicted molar refractivity (Wildman–Crippen MR) is 120 cm³/mol. The number of ether oxygens (including phenoxy) is 2. The Balaban J connectivity index is 1.16. The molecule has 176 valence electrons. The second kappa shape index (κ2) is 9.10. The van der Waals surface area contributed by atoms with Gasteiger partial charge in [0.2, 0.25) is 17.7 Å². The van der Waals surface area contributed by atoms with E-state index < -0.39 is 12.3 Å². The van der Waals surface area contributed by atoms with Crippen LogP contribution in [0.3, 0.4) is 0 Å². The van der Waals surface area contributed by atoms with Gasteiger partial charge in [0.05, 0.1) is 30.2 Å². The summed E-state index contributed by atoms with van der Waals surface area (Å²) in [5, 5.41) is 10.8. The number of nitrogens with two attached hydrogens (primary N) is 1. The molecule has 34 heavy (non-hydrogen) atoms. The maximum atomic E-state index is 13.0. The smallest absolute Gasteiger partial charge is 0.225 e. The first kappa shape index (κ1) is 21.8. The lowest BCUT2D eigenvalue weighted by atomic mass is 10.0. The van der Waals surface area contributed by atoms with Gasteiger partial charge in [-0.2, -0.15) is 0 Å². The number of carbonyl (C=O) groups is 1. The van der Waals surface area contributed by atoms with Crippen molar-refractivity contribution in [2.75, 3.05) is 29.4 Å². The zero-order chi connectivity index (χ0) is 23.7. The van der Waals surface area contributed by atoms with Gasteiger partial charge < -0.3 is 30.1 Å². The molecule has 3 N–H and O–H groups in total. The summed E-state index contributed by atoms with van der Waals surface area (Å²) in [5.41, 5.74) is 5.97. The summed E-state index contributed by atoms with van der Waals surface area (Å²) in [6.45, 7) is 1.60. The number of aromatic nitrogens is 3. The van der Waals surface area contributed by atoms with Gasteiger partial charge in [-0.25, -0.2) is 19.3 Å². The van der Waals surface area contributed by atoms with Crippen molar-refractivity contribution in [3.05, 3.63) is 60.8 Å². The van der Waals surface area contributed by atoms with Crippen LogP contribution in [0.25, 0.3) is 0 Å². The van der Waals surface area contributed by atoms with E-state index in [4.69, 9.17) is 15.2 Å². The second-order valence-corrected chi connectivity index (χ2v) is 8.19. The molecule has 3 aromatic rings. The van der Waals surface area contributed by atoms with E-state index in [1.807, 2.05) is 4.90 Å². The predicted octanol–water partition coefficient (Wildman–Crippen LogP) is 1.70. The number of pyridine rings is 1. The average Bonchev–Trinajstić information content (AvgIpc) is 3.16. The van der Waals surface area contributed by atoms with E-state index >= 15 is 0 Å². The number of anilines is 2. The maximum Gasteiger partial charge on any atom is 0.225 e. The van der Waals surface area contributed by atoms with Crippen LogP contribution < -0.4 is 25.0 Å². The van der Waals surface area contributed by atoms with Crippen LogP contribution in [-0.2, 0) is 4.79 Å². The molecule has 0 bridgehead atoms. The number of aliphatic hydroxyl groups is 1. The molecule has 1 unspecified atom stereocenters. The molecular weight excluding hydrogens is 443 g/mol. The zero-order valence-corrected chi connectivity index (χ0v) is 18.1. The lowest BCUT2D eigenvalue weighted by Gasteiger charge is -2.37. The van der Waals surface area contributed by atoms with E-state index in [9.17, 15) is 14.3 Å². The van der Waals surface area contributed by atoms with Gasteiger partial charge in [0, 0.05) is 32.1 Å². The highest BCUT2D eigenvalue weighted by atomic mass is 19.1. The summed E-state index contributed by atoms with van der Waals surface area (Å²) in [6, 6.07) is 8.99. The largest absolute Gasteiger partial charge is 0.484 e. The number of nitrogens with zero attached hydrogens (tertiary/aromatic N) is 5. The minimum absolute atomic E-state index is 0.167. The molecule has 5 rings (SSSR count). The Morgan fingerprint density at radius 2 is 1.74 bits per heavy atom. The first-order chi connectivity index (χ1) is 16.5. The molecule has 0 aliphatic carbocycles. The Labute approximate surface area is 194 Å². The second-order valence-electron chi connectivity index (χ2n) is 8.19. The van der Waals surface area contributed by atoms with Gasteiger partial charge in [-0.15, -0.1) is 0 Å². The van der Waals surface area contributed by atoms with Crippen molar-refractivity contribution in [3.8, 4) is 17.4 Å². The third-order valence-corrected chi connectivity index (χ3v) is 5.86. The molecule has 2 atom stereocenters. The molecular formula is C23H23FN6O4. The number of aliphatic hydroxyl groups excluding tert-OH is 1. The number of halogens is 1. The van der Waals surface area contributed by atoms with Gasteiger partial charge >= 0.3 is 0 Å². The molecule has 2 saturated heterocycles. The molecule has 2 fully saturated rings. The van der Waals surface area contributed by atoms with Crippen LogP contribution in [0.2, 0.25) is 0 Å².